The Kier molecular flexibility index (Phi) is 6.34. The van der Waals surface area contributed by atoms with E-state index in [0.29, 0.717) is 0 Å². The van der Waals surface area contributed by atoms with Crippen LogP contribution in [0.3, 0.4) is 0 Å². The molecule has 6 nitrogen and oxygen atoms in total. The van der Waals surface area contributed by atoms with E-state index in [2.05, 4.69) is 5.32 Å². The summed E-state index contributed by atoms with van der Waals surface area (Å²) < 4.78 is 13.2. The molecule has 0 spiro atoms. The molecule has 0 saturated heterocycles. The molecule has 90 valence electrons. The Labute approximate surface area is 86.9 Å². The molecule has 6 N–H and O–H groups in total. The Bertz CT molecular complexity index is 205. The molecule has 0 aromatic heterocycles. The molecule has 0 heterocycles. The molecule has 4 atom stereocenters. The predicted octanol–water partition coefficient (Wildman–Crippen LogP) is -2.50. The molecular weight excluding hydrogens is 207 g/mol. The number of amides is 1. The molecule has 0 radical (unpaired) electrons. The monoisotopic (exact) mass is 224 g/mol. The van der Waals surface area contributed by atoms with E-state index in [-0.39, 0.29) is 6.54 Å². The average molecular weight is 224 g/mol. The topological polar surface area (TPSA) is 116 Å². The van der Waals surface area contributed by atoms with Crippen LogP contribution in [-0.2, 0) is 4.79 Å². The molecule has 15 heavy (non-hydrogen) atoms. The summed E-state index contributed by atoms with van der Waals surface area (Å²) in [7, 11) is 0. The van der Waals surface area contributed by atoms with Crippen molar-refractivity contribution in [2.24, 2.45) is 5.73 Å². The van der Waals surface area contributed by atoms with Crippen molar-refractivity contribution in [2.45, 2.75) is 31.3 Å². The van der Waals surface area contributed by atoms with Gasteiger partial charge in [-0.05, 0) is 0 Å². The Balaban J connectivity index is 4.35. The normalized spacial score (nSPS) is 19.1. The van der Waals surface area contributed by atoms with E-state index >= 15 is 0 Å². The maximum atomic E-state index is 13.2. The number of halogens is 1. The summed E-state index contributed by atoms with van der Waals surface area (Å²) in [5.74, 6) is -0.463. The first-order chi connectivity index (χ1) is 6.93. The standard InChI is InChI=1S/C8H17FN2O4/c1-4(13)11-5(2-10)8(15)7(9)6(14)3-12/h5-8,12,14-15H,2-3,10H2,1H3,(H,11,13). The minimum atomic E-state index is -2.06. The molecule has 0 saturated carbocycles. The average Bonchev–Trinajstić information content (AvgIpc) is 2.22. The molecule has 0 rings (SSSR count). The molecule has 4 unspecified atom stereocenters. The molecule has 1 amide bonds. The van der Waals surface area contributed by atoms with Gasteiger partial charge in [0.25, 0.3) is 0 Å². The van der Waals surface area contributed by atoms with E-state index in [4.69, 9.17) is 15.9 Å². The van der Waals surface area contributed by atoms with Gasteiger partial charge in [0.15, 0.2) is 6.17 Å². The number of alkyl halides is 1. The summed E-state index contributed by atoms with van der Waals surface area (Å²) in [6.45, 7) is 0.222. The number of carbonyl (C=O) groups is 1. The second-order valence-corrected chi connectivity index (χ2v) is 3.23. The minimum Gasteiger partial charge on any atom is -0.394 e. The lowest BCUT2D eigenvalue weighted by Gasteiger charge is -2.26. The summed E-state index contributed by atoms with van der Waals surface area (Å²) in [5, 5.41) is 29.0. The first-order valence-corrected chi connectivity index (χ1v) is 4.52. The van der Waals surface area contributed by atoms with Crippen molar-refractivity contribution in [3.8, 4) is 0 Å². The molecule has 0 fully saturated rings. The Morgan fingerprint density at radius 2 is 2.07 bits per heavy atom. The van der Waals surface area contributed by atoms with Gasteiger partial charge in [0.2, 0.25) is 5.91 Å². The quantitative estimate of drug-likeness (QED) is 0.342. The SMILES string of the molecule is CC(=O)NC(CN)C(O)C(F)C(O)CO. The second-order valence-electron chi connectivity index (χ2n) is 3.23. The van der Waals surface area contributed by atoms with Crippen molar-refractivity contribution < 1.29 is 24.5 Å². The number of aliphatic hydroxyl groups excluding tert-OH is 3. The second kappa shape index (κ2) is 6.67. The molecule has 0 bridgehead atoms. The van der Waals surface area contributed by atoms with Crippen molar-refractivity contribution in [3.63, 3.8) is 0 Å². The highest BCUT2D eigenvalue weighted by Gasteiger charge is 2.32. The van der Waals surface area contributed by atoms with Crippen LogP contribution in [0, 0.1) is 0 Å². The highest BCUT2D eigenvalue weighted by atomic mass is 19.1. The molecule has 0 aliphatic heterocycles. The number of hydrogen-bond acceptors (Lipinski definition) is 5. The fourth-order valence-electron chi connectivity index (χ4n) is 1.10. The van der Waals surface area contributed by atoms with Crippen LogP contribution in [-0.4, -0.2) is 58.8 Å². The van der Waals surface area contributed by atoms with Crippen LogP contribution in [0.2, 0.25) is 0 Å². The van der Waals surface area contributed by atoms with Gasteiger partial charge in [0.1, 0.15) is 12.2 Å². The smallest absolute Gasteiger partial charge is 0.217 e. The molecular formula is C8H17FN2O4. The third kappa shape index (κ3) is 4.52. The van der Waals surface area contributed by atoms with Crippen LogP contribution in [0.15, 0.2) is 0 Å². The Morgan fingerprint density at radius 1 is 1.53 bits per heavy atom. The van der Waals surface area contributed by atoms with Gasteiger partial charge in [-0.3, -0.25) is 4.79 Å². The number of hydrogen-bond donors (Lipinski definition) is 5. The maximum Gasteiger partial charge on any atom is 0.217 e. The van der Waals surface area contributed by atoms with E-state index in [0.717, 1.165) is 0 Å². The third-order valence-corrected chi connectivity index (χ3v) is 1.94. The maximum absolute atomic E-state index is 13.2. The van der Waals surface area contributed by atoms with Crippen LogP contribution in [0.25, 0.3) is 0 Å². The highest BCUT2D eigenvalue weighted by molar-refractivity contribution is 5.73. The summed E-state index contributed by atoms with van der Waals surface area (Å²) in [4.78, 5) is 10.7. The van der Waals surface area contributed by atoms with E-state index in [1.165, 1.54) is 6.92 Å². The Morgan fingerprint density at radius 3 is 2.40 bits per heavy atom. The lowest BCUT2D eigenvalue weighted by atomic mass is 10.0. The van der Waals surface area contributed by atoms with Gasteiger partial charge < -0.3 is 26.4 Å². The van der Waals surface area contributed by atoms with Crippen LogP contribution < -0.4 is 11.1 Å². The number of carbonyl (C=O) groups excluding carboxylic acids is 1. The van der Waals surface area contributed by atoms with Gasteiger partial charge in [-0.2, -0.15) is 0 Å². The summed E-state index contributed by atoms with van der Waals surface area (Å²) in [5.41, 5.74) is 5.22. The highest BCUT2D eigenvalue weighted by Crippen LogP contribution is 2.08. The van der Waals surface area contributed by atoms with Gasteiger partial charge in [0, 0.05) is 13.5 Å². The predicted molar refractivity (Wildman–Crippen MR) is 50.7 cm³/mol. The van der Waals surface area contributed by atoms with Crippen molar-refractivity contribution in [3.05, 3.63) is 0 Å². The molecule has 0 aromatic rings. The number of rotatable bonds is 6. The van der Waals surface area contributed by atoms with E-state index in [1.807, 2.05) is 0 Å². The van der Waals surface area contributed by atoms with E-state index in [9.17, 15) is 14.3 Å². The van der Waals surface area contributed by atoms with E-state index < -0.39 is 36.9 Å². The lowest BCUT2D eigenvalue weighted by Crippen LogP contribution is -2.53. The molecule has 0 aromatic carbocycles. The largest absolute Gasteiger partial charge is 0.394 e. The van der Waals surface area contributed by atoms with Gasteiger partial charge >= 0.3 is 0 Å². The lowest BCUT2D eigenvalue weighted by molar-refractivity contribution is -0.121. The van der Waals surface area contributed by atoms with Gasteiger partial charge in [-0.1, -0.05) is 0 Å². The molecule has 7 heteroatoms. The van der Waals surface area contributed by atoms with Crippen LogP contribution in [0.4, 0.5) is 4.39 Å². The number of aliphatic hydroxyl groups is 3. The first-order valence-electron chi connectivity index (χ1n) is 4.52. The van der Waals surface area contributed by atoms with Crippen molar-refractivity contribution in [1.82, 2.24) is 5.32 Å². The third-order valence-electron chi connectivity index (χ3n) is 1.94. The van der Waals surface area contributed by atoms with Crippen molar-refractivity contribution in [1.29, 1.82) is 0 Å². The number of nitrogens with two attached hydrogens (primary N) is 1. The summed E-state index contributed by atoms with van der Waals surface area (Å²) in [6.07, 6.45) is -5.40. The zero-order valence-electron chi connectivity index (χ0n) is 8.43. The van der Waals surface area contributed by atoms with Crippen LogP contribution in [0.1, 0.15) is 6.92 Å². The van der Waals surface area contributed by atoms with E-state index in [1.54, 1.807) is 0 Å². The van der Waals surface area contributed by atoms with Gasteiger partial charge in [-0.25, -0.2) is 4.39 Å². The fraction of sp³-hybridized carbons (Fsp3) is 0.875. The summed E-state index contributed by atoms with van der Waals surface area (Å²) >= 11 is 0. The molecule has 0 aliphatic carbocycles. The zero-order valence-corrected chi connectivity index (χ0v) is 8.43. The van der Waals surface area contributed by atoms with Crippen molar-refractivity contribution in [2.75, 3.05) is 13.2 Å². The molecule has 0 aliphatic rings. The van der Waals surface area contributed by atoms with Crippen molar-refractivity contribution >= 4 is 5.91 Å². The van der Waals surface area contributed by atoms with Crippen LogP contribution >= 0.6 is 0 Å². The Hall–Kier alpha value is -0.760. The zero-order chi connectivity index (χ0) is 12.0. The van der Waals surface area contributed by atoms with Gasteiger partial charge in [-0.15, -0.1) is 0 Å². The minimum absolute atomic E-state index is 0.167. The van der Waals surface area contributed by atoms with Gasteiger partial charge in [0.05, 0.1) is 12.6 Å². The first kappa shape index (κ1) is 14.2. The number of nitrogens with one attached hydrogen (secondary N) is 1. The summed E-state index contributed by atoms with van der Waals surface area (Å²) in [6, 6.07) is -0.987. The van der Waals surface area contributed by atoms with Crippen LogP contribution in [0.5, 0.6) is 0 Å². The fourth-order valence-corrected chi connectivity index (χ4v) is 1.10.